The summed E-state index contributed by atoms with van der Waals surface area (Å²) in [5.41, 5.74) is 2.29. The number of carboxylic acids is 1. The van der Waals surface area contributed by atoms with E-state index in [0.717, 1.165) is 0 Å². The summed E-state index contributed by atoms with van der Waals surface area (Å²) in [7, 11) is 0. The minimum Gasteiger partial charge on any atom is -0.480 e. The van der Waals surface area contributed by atoms with Crippen LogP contribution in [0.3, 0.4) is 0 Å². The number of fused-ring (bicyclic) bond motifs is 1. The van der Waals surface area contributed by atoms with Gasteiger partial charge in [-0.1, -0.05) is 35.3 Å². The zero-order chi connectivity index (χ0) is 19.3. The Kier molecular flexibility index (Phi) is 4.28. The van der Waals surface area contributed by atoms with Crippen LogP contribution in [0.1, 0.15) is 18.7 Å². The van der Waals surface area contributed by atoms with E-state index in [1.807, 2.05) is 13.0 Å². The van der Waals surface area contributed by atoms with Crippen LogP contribution in [0.5, 0.6) is 0 Å². The van der Waals surface area contributed by atoms with E-state index < -0.39 is 12.0 Å². The molecule has 0 saturated carbocycles. The number of hydrogen-bond acceptors (Lipinski definition) is 4. The average Bonchev–Trinajstić information content (AvgIpc) is 3.17. The van der Waals surface area contributed by atoms with Crippen molar-refractivity contribution < 1.29 is 9.90 Å². The minimum absolute atomic E-state index is 0.168. The Balaban J connectivity index is 1.91. The van der Waals surface area contributed by atoms with Gasteiger partial charge in [-0.25, -0.2) is 9.48 Å². The van der Waals surface area contributed by atoms with Gasteiger partial charge < -0.3 is 5.11 Å². The van der Waals surface area contributed by atoms with Crippen molar-refractivity contribution in [2.45, 2.75) is 19.4 Å². The van der Waals surface area contributed by atoms with E-state index in [-0.39, 0.29) is 16.6 Å². The zero-order valence-electron chi connectivity index (χ0n) is 14.1. The second-order valence-corrected chi connectivity index (χ2v) is 7.38. The summed E-state index contributed by atoms with van der Waals surface area (Å²) >= 11 is 12.0. The van der Waals surface area contributed by atoms with Gasteiger partial charge in [-0.3, -0.25) is 9.36 Å². The predicted octanol–water partition coefficient (Wildman–Crippen LogP) is 3.22. The maximum absolute atomic E-state index is 12.7. The summed E-state index contributed by atoms with van der Waals surface area (Å²) in [5.74, 6) is -1.17. The summed E-state index contributed by atoms with van der Waals surface area (Å²) in [4.78, 5) is 24.3. The number of nitrogens with zero attached hydrogens (tertiary/aromatic N) is 4. The molecule has 7 nitrogen and oxygen atoms in total. The molecular formula is C18H14Cl2N4O3. The van der Waals surface area contributed by atoms with Crippen molar-refractivity contribution in [3.63, 3.8) is 0 Å². The van der Waals surface area contributed by atoms with Crippen LogP contribution in [0.25, 0.3) is 16.8 Å². The first-order valence-corrected chi connectivity index (χ1v) is 8.97. The van der Waals surface area contributed by atoms with Gasteiger partial charge in [0.1, 0.15) is 6.04 Å². The molecule has 0 fully saturated rings. The summed E-state index contributed by atoms with van der Waals surface area (Å²) in [6.07, 6.45) is 2.06. The van der Waals surface area contributed by atoms with E-state index >= 15 is 0 Å². The molecule has 0 radical (unpaired) electrons. The lowest BCUT2D eigenvalue weighted by Crippen LogP contribution is -2.29. The quantitative estimate of drug-likeness (QED) is 0.723. The topological polar surface area (TPSA) is 90.0 Å². The van der Waals surface area contributed by atoms with Crippen molar-refractivity contribution in [2.24, 2.45) is 5.92 Å². The molecule has 9 heteroatoms. The minimum atomic E-state index is -1.00. The first kappa shape index (κ1) is 17.8. The van der Waals surface area contributed by atoms with E-state index in [9.17, 15) is 14.7 Å². The van der Waals surface area contributed by atoms with E-state index in [1.54, 1.807) is 24.4 Å². The normalized spacial score (nSPS) is 18.5. The van der Waals surface area contributed by atoms with Crippen LogP contribution in [0.4, 0.5) is 0 Å². The number of aliphatic carboxylic acids is 1. The van der Waals surface area contributed by atoms with E-state index in [1.165, 1.54) is 15.3 Å². The molecule has 0 aliphatic carbocycles. The number of benzene rings is 1. The largest absolute Gasteiger partial charge is 0.480 e. The van der Waals surface area contributed by atoms with E-state index in [0.29, 0.717) is 34.0 Å². The molecule has 2 atom stereocenters. The Labute approximate surface area is 163 Å². The van der Waals surface area contributed by atoms with Crippen LogP contribution in [-0.2, 0) is 11.2 Å². The third-order valence-corrected chi connectivity index (χ3v) is 5.14. The number of pyridine rings is 1. The second kappa shape index (κ2) is 6.51. The Morgan fingerprint density at radius 3 is 2.70 bits per heavy atom. The molecule has 0 spiro atoms. The summed E-state index contributed by atoms with van der Waals surface area (Å²) in [6.45, 7) is 1.83. The van der Waals surface area contributed by atoms with E-state index in [4.69, 9.17) is 23.2 Å². The summed E-state index contributed by atoms with van der Waals surface area (Å²) in [5, 5.41) is 18.0. The van der Waals surface area contributed by atoms with Gasteiger partial charge in [0.15, 0.2) is 5.15 Å². The standard InChI is InChI=1S/C18H14Cl2N4O3/c1-9-4-12-5-10(6-16(25)24(12)17(9)18(26)27)13-7-11(19)2-3-14(13)23-8-15(20)21-22-23/h2-3,5-9,17H,4H2,1H3,(H,26,27)/t9-,17-/m0/s1. The van der Waals surface area contributed by atoms with Gasteiger partial charge in [-0.2, -0.15) is 0 Å². The highest BCUT2D eigenvalue weighted by Crippen LogP contribution is 2.34. The predicted molar refractivity (Wildman–Crippen MR) is 101 cm³/mol. The molecule has 138 valence electrons. The Bertz CT molecular complexity index is 1120. The fourth-order valence-corrected chi connectivity index (χ4v) is 3.91. The number of carboxylic acid groups (broad SMARTS) is 1. The average molecular weight is 405 g/mol. The SMILES string of the molecule is C[C@H]1Cc2cc(-c3cc(Cl)ccc3-n3cc(Cl)nn3)cc(=O)n2[C@@H]1C(=O)O. The Hall–Kier alpha value is -2.64. The molecule has 4 rings (SSSR count). The molecule has 27 heavy (non-hydrogen) atoms. The first-order chi connectivity index (χ1) is 12.8. The third-order valence-electron chi connectivity index (χ3n) is 4.73. The van der Waals surface area contributed by atoms with Gasteiger partial charge in [0.05, 0.1) is 11.9 Å². The monoisotopic (exact) mass is 404 g/mol. The van der Waals surface area contributed by atoms with Crippen molar-refractivity contribution >= 4 is 29.2 Å². The van der Waals surface area contributed by atoms with Crippen LogP contribution in [0.2, 0.25) is 10.2 Å². The maximum Gasteiger partial charge on any atom is 0.327 e. The summed E-state index contributed by atoms with van der Waals surface area (Å²) in [6, 6.07) is 7.59. The highest BCUT2D eigenvalue weighted by molar-refractivity contribution is 6.31. The lowest BCUT2D eigenvalue weighted by atomic mass is 10.0. The third kappa shape index (κ3) is 3.02. The molecule has 0 saturated heterocycles. The fourth-order valence-electron chi connectivity index (χ4n) is 3.61. The number of aromatic nitrogens is 4. The fraction of sp³-hybridized carbons (Fsp3) is 0.222. The second-order valence-electron chi connectivity index (χ2n) is 6.56. The number of rotatable bonds is 3. The molecule has 2 aromatic heterocycles. The van der Waals surface area contributed by atoms with Crippen molar-refractivity contribution in [3.8, 4) is 16.8 Å². The van der Waals surface area contributed by atoms with Crippen LogP contribution in [0, 0.1) is 5.92 Å². The zero-order valence-corrected chi connectivity index (χ0v) is 15.6. The molecular weight excluding hydrogens is 391 g/mol. The van der Waals surface area contributed by atoms with Crippen LogP contribution < -0.4 is 5.56 Å². The van der Waals surface area contributed by atoms with Crippen LogP contribution in [-0.4, -0.2) is 30.6 Å². The van der Waals surface area contributed by atoms with Gasteiger partial charge in [0.2, 0.25) is 0 Å². The van der Waals surface area contributed by atoms with Crippen molar-refractivity contribution in [1.82, 2.24) is 19.6 Å². The molecule has 0 amide bonds. The number of hydrogen-bond donors (Lipinski definition) is 1. The van der Waals surface area contributed by atoms with Crippen LogP contribution in [0.15, 0.2) is 41.3 Å². The summed E-state index contributed by atoms with van der Waals surface area (Å²) < 4.78 is 2.86. The van der Waals surface area contributed by atoms with Gasteiger partial charge in [0, 0.05) is 22.3 Å². The first-order valence-electron chi connectivity index (χ1n) is 8.21. The van der Waals surface area contributed by atoms with Crippen molar-refractivity contribution in [3.05, 3.63) is 62.8 Å². The van der Waals surface area contributed by atoms with Crippen LogP contribution >= 0.6 is 23.2 Å². The van der Waals surface area contributed by atoms with Gasteiger partial charge in [-0.05, 0) is 42.2 Å². The lowest BCUT2D eigenvalue weighted by molar-refractivity contribution is -0.141. The number of halogens is 2. The Morgan fingerprint density at radius 2 is 2.04 bits per heavy atom. The molecule has 0 unspecified atom stereocenters. The molecule has 1 N–H and O–H groups in total. The molecule has 3 aromatic rings. The molecule has 3 heterocycles. The van der Waals surface area contributed by atoms with Crippen molar-refractivity contribution in [2.75, 3.05) is 0 Å². The highest BCUT2D eigenvalue weighted by atomic mass is 35.5. The van der Waals surface area contributed by atoms with E-state index in [2.05, 4.69) is 10.3 Å². The Morgan fingerprint density at radius 1 is 1.26 bits per heavy atom. The smallest absolute Gasteiger partial charge is 0.327 e. The highest BCUT2D eigenvalue weighted by Gasteiger charge is 2.35. The molecule has 1 aliphatic rings. The molecule has 1 aromatic carbocycles. The number of carbonyl (C=O) groups is 1. The van der Waals surface area contributed by atoms with Crippen molar-refractivity contribution in [1.29, 1.82) is 0 Å². The maximum atomic E-state index is 12.7. The molecule has 0 bridgehead atoms. The molecule has 1 aliphatic heterocycles. The van der Waals surface area contributed by atoms with Gasteiger partial charge in [0.25, 0.3) is 5.56 Å². The lowest BCUT2D eigenvalue weighted by Gasteiger charge is -2.15. The van der Waals surface area contributed by atoms with Gasteiger partial charge >= 0.3 is 5.97 Å². The van der Waals surface area contributed by atoms with Gasteiger partial charge in [-0.15, -0.1) is 5.10 Å².